The van der Waals surface area contributed by atoms with Gasteiger partial charge in [0.2, 0.25) is 0 Å². The molecule has 0 saturated carbocycles. The Balaban J connectivity index is 2.23. The van der Waals surface area contributed by atoms with Gasteiger partial charge in [-0.15, -0.1) is 0 Å². The van der Waals surface area contributed by atoms with Crippen LogP contribution in [-0.4, -0.2) is 30.0 Å². The number of hydrogen-bond acceptors (Lipinski definition) is 4. The molecule has 3 rings (SSSR count). The third-order valence-corrected chi connectivity index (χ3v) is 6.36. The number of carbonyl (C=O) groups is 1. The van der Waals surface area contributed by atoms with Gasteiger partial charge in [0.1, 0.15) is 18.1 Å². The van der Waals surface area contributed by atoms with Crippen LogP contribution < -0.4 is 4.74 Å². The van der Waals surface area contributed by atoms with E-state index in [1.54, 1.807) is 24.3 Å². The molecule has 172 valence electrons. The van der Waals surface area contributed by atoms with Crippen molar-refractivity contribution < 1.29 is 19.5 Å². The molecule has 0 aromatic heterocycles. The van der Waals surface area contributed by atoms with Crippen molar-refractivity contribution in [2.75, 3.05) is 13.2 Å². The van der Waals surface area contributed by atoms with Crippen LogP contribution in [-0.2, 0) is 15.7 Å². The van der Waals surface area contributed by atoms with E-state index in [9.17, 15) is 9.90 Å². The van der Waals surface area contributed by atoms with Crippen molar-refractivity contribution in [1.82, 2.24) is 0 Å². The number of benzene rings is 2. The highest BCUT2D eigenvalue weighted by Crippen LogP contribution is 2.48. The molecule has 2 aromatic carbocycles. The first-order chi connectivity index (χ1) is 15.1. The van der Waals surface area contributed by atoms with Crippen molar-refractivity contribution in [1.29, 1.82) is 0 Å². The molecule has 0 radical (unpaired) electrons. The van der Waals surface area contributed by atoms with Gasteiger partial charge in [-0.1, -0.05) is 51.9 Å². The van der Waals surface area contributed by atoms with Gasteiger partial charge >= 0.3 is 5.97 Å². The maximum atomic E-state index is 11.3. The minimum absolute atomic E-state index is 0.0346. The molecule has 0 heterocycles. The Morgan fingerprint density at radius 1 is 0.969 bits per heavy atom. The third kappa shape index (κ3) is 4.82. The van der Waals surface area contributed by atoms with Crippen LogP contribution >= 0.6 is 0 Å². The first-order valence-corrected chi connectivity index (χ1v) is 11.5. The van der Waals surface area contributed by atoms with E-state index in [0.29, 0.717) is 18.9 Å². The summed E-state index contributed by atoms with van der Waals surface area (Å²) >= 11 is 0. The van der Waals surface area contributed by atoms with Gasteiger partial charge < -0.3 is 14.7 Å². The molecule has 1 aliphatic rings. The number of aromatic carboxylic acids is 1. The average Bonchev–Trinajstić information content (AvgIpc) is 2.75. The Bertz CT molecular complexity index is 1000. The predicted octanol–water partition coefficient (Wildman–Crippen LogP) is 6.31. The summed E-state index contributed by atoms with van der Waals surface area (Å²) in [5.74, 6) is -0.178. The molecule has 2 aromatic rings. The number of carboxylic acid groups (broad SMARTS) is 1. The van der Waals surface area contributed by atoms with Gasteiger partial charge in [0, 0.05) is 11.1 Å². The lowest BCUT2D eigenvalue weighted by Gasteiger charge is -2.42. The van der Waals surface area contributed by atoms with E-state index in [0.717, 1.165) is 36.1 Å². The molecular formula is C27H35NO4. The van der Waals surface area contributed by atoms with Crippen molar-refractivity contribution in [2.45, 2.75) is 71.6 Å². The Morgan fingerprint density at radius 3 is 2.06 bits per heavy atom. The number of hydrogen-bond donors (Lipinski definition) is 1. The van der Waals surface area contributed by atoms with E-state index in [4.69, 9.17) is 9.57 Å². The highest BCUT2D eigenvalue weighted by atomic mass is 16.6. The van der Waals surface area contributed by atoms with Gasteiger partial charge in [0.05, 0.1) is 12.2 Å². The molecule has 0 saturated heterocycles. The van der Waals surface area contributed by atoms with Crippen molar-refractivity contribution in [3.05, 3.63) is 64.2 Å². The number of rotatable bonds is 8. The highest BCUT2D eigenvalue weighted by Gasteiger charge is 2.38. The quantitative estimate of drug-likeness (QED) is 0.298. The first kappa shape index (κ1) is 23.8. The minimum Gasteiger partial charge on any atom is -0.493 e. The van der Waals surface area contributed by atoms with Gasteiger partial charge in [-0.2, -0.15) is 0 Å². The minimum atomic E-state index is -0.954. The van der Waals surface area contributed by atoms with Crippen LogP contribution in [0.15, 0.2) is 41.6 Å². The van der Waals surface area contributed by atoms with Crippen LogP contribution in [0.2, 0.25) is 0 Å². The van der Waals surface area contributed by atoms with E-state index in [1.165, 1.54) is 11.1 Å². The molecule has 0 amide bonds. The van der Waals surface area contributed by atoms with Crippen molar-refractivity contribution in [3.63, 3.8) is 0 Å². The van der Waals surface area contributed by atoms with Gasteiger partial charge in [0.25, 0.3) is 0 Å². The summed E-state index contributed by atoms with van der Waals surface area (Å²) in [6, 6.07) is 11.1. The topological polar surface area (TPSA) is 68.1 Å². The fraction of sp³-hybridized carbons (Fsp3) is 0.481. The molecule has 1 N–H and O–H groups in total. The van der Waals surface area contributed by atoms with E-state index in [1.807, 2.05) is 13.8 Å². The molecular weight excluding hydrogens is 402 g/mol. The summed E-state index contributed by atoms with van der Waals surface area (Å²) in [5, 5.41) is 13.8. The maximum absolute atomic E-state index is 11.3. The lowest BCUT2D eigenvalue weighted by molar-refractivity contribution is 0.0697. The SMILES string of the molecule is CCCO/N=C(\c1ccc(C(=O)O)cc1)c1cc2c(cc1OCC)C(C)(C)CCC2(C)C. The van der Waals surface area contributed by atoms with Crippen molar-refractivity contribution >= 4 is 11.7 Å². The summed E-state index contributed by atoms with van der Waals surface area (Å²) in [6.07, 6.45) is 3.07. The Hall–Kier alpha value is -2.82. The lowest BCUT2D eigenvalue weighted by atomic mass is 9.62. The Kier molecular flexibility index (Phi) is 6.97. The fourth-order valence-corrected chi connectivity index (χ4v) is 4.28. The Labute approximate surface area is 191 Å². The summed E-state index contributed by atoms with van der Waals surface area (Å²) in [4.78, 5) is 16.9. The zero-order valence-electron chi connectivity index (χ0n) is 20.1. The normalized spacial score (nSPS) is 16.9. The molecule has 0 fully saturated rings. The number of ether oxygens (including phenoxy) is 1. The predicted molar refractivity (Wildman–Crippen MR) is 128 cm³/mol. The average molecular weight is 438 g/mol. The van der Waals surface area contributed by atoms with Gasteiger partial charge in [-0.25, -0.2) is 4.79 Å². The summed E-state index contributed by atoms with van der Waals surface area (Å²) in [6.45, 7) is 14.2. The van der Waals surface area contributed by atoms with Gasteiger partial charge in [-0.3, -0.25) is 0 Å². The van der Waals surface area contributed by atoms with Crippen LogP contribution in [0.3, 0.4) is 0 Å². The largest absolute Gasteiger partial charge is 0.493 e. The molecule has 0 spiro atoms. The van der Waals surface area contributed by atoms with Crippen LogP contribution in [0.1, 0.15) is 93.4 Å². The molecule has 1 aliphatic carbocycles. The molecule has 0 unspecified atom stereocenters. The number of nitrogens with zero attached hydrogens (tertiary/aromatic N) is 1. The number of fused-ring (bicyclic) bond motifs is 1. The summed E-state index contributed by atoms with van der Waals surface area (Å²) in [7, 11) is 0. The van der Waals surface area contributed by atoms with Crippen LogP contribution in [0.4, 0.5) is 0 Å². The zero-order chi connectivity index (χ0) is 23.5. The van der Waals surface area contributed by atoms with Crippen molar-refractivity contribution in [3.8, 4) is 5.75 Å². The van der Waals surface area contributed by atoms with Crippen LogP contribution in [0.25, 0.3) is 0 Å². The highest BCUT2D eigenvalue weighted by molar-refractivity contribution is 6.14. The van der Waals surface area contributed by atoms with Crippen molar-refractivity contribution in [2.24, 2.45) is 5.16 Å². The third-order valence-electron chi connectivity index (χ3n) is 6.36. The molecule has 32 heavy (non-hydrogen) atoms. The second-order valence-electron chi connectivity index (χ2n) is 9.75. The maximum Gasteiger partial charge on any atom is 0.335 e. The molecule has 5 nitrogen and oxygen atoms in total. The second kappa shape index (κ2) is 9.35. The molecule has 5 heteroatoms. The number of carboxylic acids is 1. The lowest BCUT2D eigenvalue weighted by Crippen LogP contribution is -2.34. The molecule has 0 bridgehead atoms. The first-order valence-electron chi connectivity index (χ1n) is 11.5. The monoisotopic (exact) mass is 437 g/mol. The molecule has 0 atom stereocenters. The van der Waals surface area contributed by atoms with Gasteiger partial charge in [0.15, 0.2) is 0 Å². The molecule has 0 aliphatic heterocycles. The van der Waals surface area contributed by atoms with E-state index in [2.05, 4.69) is 45.0 Å². The van der Waals surface area contributed by atoms with E-state index < -0.39 is 5.97 Å². The fourth-order valence-electron chi connectivity index (χ4n) is 4.28. The van der Waals surface area contributed by atoms with E-state index >= 15 is 0 Å². The Morgan fingerprint density at radius 2 is 1.53 bits per heavy atom. The number of oxime groups is 1. The standard InChI is InChI=1S/C27H35NO4/c1-7-15-32-28-24(18-9-11-19(12-10-18)25(29)30)20-16-21-22(17-23(20)31-8-2)27(5,6)14-13-26(21,3)4/h9-12,16-17H,7-8,13-15H2,1-6H3,(H,29,30)/b28-24+. The van der Waals surface area contributed by atoms with E-state index in [-0.39, 0.29) is 16.4 Å². The van der Waals surface area contributed by atoms with Gasteiger partial charge in [-0.05, 0) is 72.4 Å². The summed E-state index contributed by atoms with van der Waals surface area (Å²) < 4.78 is 6.10. The summed E-state index contributed by atoms with van der Waals surface area (Å²) in [5.41, 5.74) is 5.27. The zero-order valence-corrected chi connectivity index (χ0v) is 20.1. The van der Waals surface area contributed by atoms with Crippen LogP contribution in [0, 0.1) is 0 Å². The van der Waals surface area contributed by atoms with Crippen LogP contribution in [0.5, 0.6) is 5.75 Å². The second-order valence-corrected chi connectivity index (χ2v) is 9.75. The smallest absolute Gasteiger partial charge is 0.335 e.